The second kappa shape index (κ2) is 8.99. The molecule has 0 aliphatic heterocycles. The van der Waals surface area contributed by atoms with Crippen molar-refractivity contribution in [2.24, 2.45) is 0 Å². The van der Waals surface area contributed by atoms with Gasteiger partial charge in [-0.1, -0.05) is 6.07 Å². The molecule has 0 fully saturated rings. The highest BCUT2D eigenvalue weighted by Gasteiger charge is 2.10. The molecule has 1 aromatic carbocycles. The van der Waals surface area contributed by atoms with E-state index in [0.717, 1.165) is 17.1 Å². The molecule has 0 aliphatic rings. The zero-order valence-electron chi connectivity index (χ0n) is 14.5. The van der Waals surface area contributed by atoms with Crippen molar-refractivity contribution in [3.8, 4) is 17.6 Å². The van der Waals surface area contributed by atoms with Crippen LogP contribution in [0.25, 0.3) is 0 Å². The summed E-state index contributed by atoms with van der Waals surface area (Å²) < 4.78 is 16.7. The second-order valence-corrected chi connectivity index (χ2v) is 5.65. The first-order valence-electron chi connectivity index (χ1n) is 8.10. The Balaban J connectivity index is 1.96. The molecule has 0 saturated carbocycles. The molecule has 1 atom stereocenters. The average Bonchev–Trinajstić information content (AvgIpc) is 3.03. The second-order valence-electron chi connectivity index (χ2n) is 5.65. The molecule has 0 saturated heterocycles. The van der Waals surface area contributed by atoms with Crippen molar-refractivity contribution in [1.29, 1.82) is 5.26 Å². The van der Waals surface area contributed by atoms with Gasteiger partial charge in [-0.3, -0.25) is 0 Å². The highest BCUT2D eigenvalue weighted by Crippen LogP contribution is 2.28. The molecule has 0 amide bonds. The van der Waals surface area contributed by atoms with Gasteiger partial charge in [0.2, 0.25) is 0 Å². The fourth-order valence-corrected chi connectivity index (χ4v) is 2.33. The highest BCUT2D eigenvalue weighted by atomic mass is 16.5. The molecule has 0 bridgehead atoms. The van der Waals surface area contributed by atoms with Gasteiger partial charge in [-0.2, -0.15) is 5.26 Å². The van der Waals surface area contributed by atoms with E-state index in [2.05, 4.69) is 18.3 Å². The molecule has 0 aliphatic carbocycles. The van der Waals surface area contributed by atoms with E-state index in [0.29, 0.717) is 37.5 Å². The van der Waals surface area contributed by atoms with E-state index < -0.39 is 0 Å². The fraction of sp³-hybridized carbons (Fsp3) is 0.421. The summed E-state index contributed by atoms with van der Waals surface area (Å²) in [4.78, 5) is 0. The third kappa shape index (κ3) is 5.04. The summed E-state index contributed by atoms with van der Waals surface area (Å²) in [7, 11) is 1.62. The van der Waals surface area contributed by atoms with E-state index >= 15 is 0 Å². The Morgan fingerprint density at radius 2 is 2.08 bits per heavy atom. The van der Waals surface area contributed by atoms with Gasteiger partial charge in [-0.05, 0) is 50.1 Å². The van der Waals surface area contributed by atoms with Crippen LogP contribution in [0, 0.1) is 18.3 Å². The number of hydrogen-bond acceptors (Lipinski definition) is 5. The predicted molar refractivity (Wildman–Crippen MR) is 92.0 cm³/mol. The predicted octanol–water partition coefficient (Wildman–Crippen LogP) is 4.13. The van der Waals surface area contributed by atoms with E-state index in [1.165, 1.54) is 0 Å². The minimum atomic E-state index is 0.126. The van der Waals surface area contributed by atoms with Crippen molar-refractivity contribution in [3.63, 3.8) is 0 Å². The van der Waals surface area contributed by atoms with Crippen molar-refractivity contribution in [3.05, 3.63) is 47.4 Å². The number of nitrogens with zero attached hydrogens (tertiary/aromatic N) is 1. The van der Waals surface area contributed by atoms with Crippen molar-refractivity contribution in [1.82, 2.24) is 5.32 Å². The van der Waals surface area contributed by atoms with Crippen LogP contribution in [0.15, 0.2) is 34.7 Å². The molecule has 128 valence electrons. The fourth-order valence-electron chi connectivity index (χ4n) is 2.33. The first-order valence-corrected chi connectivity index (χ1v) is 8.10. The maximum absolute atomic E-state index is 8.58. The van der Waals surface area contributed by atoms with Crippen LogP contribution < -0.4 is 14.8 Å². The monoisotopic (exact) mass is 328 g/mol. The Morgan fingerprint density at radius 1 is 1.25 bits per heavy atom. The van der Waals surface area contributed by atoms with E-state index in [-0.39, 0.29) is 6.04 Å². The lowest BCUT2D eigenvalue weighted by Crippen LogP contribution is -2.17. The van der Waals surface area contributed by atoms with E-state index in [1.807, 2.05) is 37.3 Å². The molecule has 1 N–H and O–H groups in total. The van der Waals surface area contributed by atoms with Crippen molar-refractivity contribution in [2.75, 3.05) is 13.7 Å². The van der Waals surface area contributed by atoms with Gasteiger partial charge in [0.25, 0.3) is 0 Å². The summed E-state index contributed by atoms with van der Waals surface area (Å²) in [6.45, 7) is 5.21. The van der Waals surface area contributed by atoms with Gasteiger partial charge in [-0.15, -0.1) is 0 Å². The number of unbranched alkanes of at least 4 members (excludes halogenated alkanes) is 1. The van der Waals surface area contributed by atoms with Gasteiger partial charge in [0.05, 0.1) is 25.8 Å². The van der Waals surface area contributed by atoms with Crippen molar-refractivity contribution < 1.29 is 13.9 Å². The minimum Gasteiger partial charge on any atom is -0.493 e. The van der Waals surface area contributed by atoms with Gasteiger partial charge in [0.15, 0.2) is 11.5 Å². The lowest BCUT2D eigenvalue weighted by molar-refractivity contribution is 0.290. The number of aryl methyl sites for hydroxylation is 1. The zero-order valence-corrected chi connectivity index (χ0v) is 14.5. The molecule has 1 heterocycles. The minimum absolute atomic E-state index is 0.126. The maximum atomic E-state index is 8.58. The summed E-state index contributed by atoms with van der Waals surface area (Å²) >= 11 is 0. The summed E-state index contributed by atoms with van der Waals surface area (Å²) in [6.07, 6.45) is 1.20. The number of ether oxygens (including phenoxy) is 2. The molecule has 5 nitrogen and oxygen atoms in total. The Bertz CT molecular complexity index is 688. The first-order chi connectivity index (χ1) is 11.6. The van der Waals surface area contributed by atoms with Gasteiger partial charge >= 0.3 is 0 Å². The smallest absolute Gasteiger partial charge is 0.161 e. The lowest BCUT2D eigenvalue weighted by atomic mass is 10.1. The number of hydrogen-bond donors (Lipinski definition) is 1. The Kier molecular flexibility index (Phi) is 6.71. The molecule has 1 aromatic heterocycles. The number of benzene rings is 1. The number of nitriles is 1. The summed E-state index contributed by atoms with van der Waals surface area (Å²) in [6, 6.07) is 12.1. The summed E-state index contributed by atoms with van der Waals surface area (Å²) in [5.74, 6) is 3.24. The van der Waals surface area contributed by atoms with Crippen LogP contribution in [0.1, 0.15) is 42.9 Å². The average molecular weight is 328 g/mol. The zero-order chi connectivity index (χ0) is 17.4. The highest BCUT2D eigenvalue weighted by molar-refractivity contribution is 5.43. The maximum Gasteiger partial charge on any atom is 0.161 e. The SMILES string of the molecule is COc1ccc(CNC(C)c2ccc(C)o2)cc1OCCCC#N. The number of nitrogens with one attached hydrogen (secondary N) is 1. The van der Waals surface area contributed by atoms with Gasteiger partial charge in [-0.25, -0.2) is 0 Å². The molecule has 0 radical (unpaired) electrons. The normalized spacial score (nSPS) is 11.8. The van der Waals surface area contributed by atoms with Crippen LogP contribution >= 0.6 is 0 Å². The Morgan fingerprint density at radius 3 is 2.75 bits per heavy atom. The van der Waals surface area contributed by atoms with E-state index in [9.17, 15) is 0 Å². The molecule has 2 rings (SSSR count). The molecule has 24 heavy (non-hydrogen) atoms. The molecular weight excluding hydrogens is 304 g/mol. The quantitative estimate of drug-likeness (QED) is 0.701. The van der Waals surface area contributed by atoms with Gasteiger partial charge in [0.1, 0.15) is 11.5 Å². The number of rotatable bonds is 9. The molecule has 2 aromatic rings. The van der Waals surface area contributed by atoms with E-state index in [1.54, 1.807) is 7.11 Å². The van der Waals surface area contributed by atoms with Crippen LogP contribution in [0.2, 0.25) is 0 Å². The Labute approximate surface area is 143 Å². The largest absolute Gasteiger partial charge is 0.493 e. The summed E-state index contributed by atoms with van der Waals surface area (Å²) in [5.41, 5.74) is 1.10. The Hall–Kier alpha value is -2.45. The molecular formula is C19H24N2O3. The lowest BCUT2D eigenvalue weighted by Gasteiger charge is -2.14. The standard InChI is InChI=1S/C19H24N2O3/c1-14-6-8-17(24-14)15(2)21-13-16-7-9-18(22-3)19(12-16)23-11-5-4-10-20/h6-9,12,15,21H,4-5,11,13H2,1-3H3. The van der Waals surface area contributed by atoms with Crippen LogP contribution in [0.4, 0.5) is 0 Å². The van der Waals surface area contributed by atoms with Crippen LogP contribution in [0.5, 0.6) is 11.5 Å². The van der Waals surface area contributed by atoms with Crippen molar-refractivity contribution in [2.45, 2.75) is 39.3 Å². The number of methoxy groups -OCH3 is 1. The van der Waals surface area contributed by atoms with E-state index in [4.69, 9.17) is 19.2 Å². The summed E-state index contributed by atoms with van der Waals surface area (Å²) in [5, 5.41) is 12.0. The third-order valence-electron chi connectivity index (χ3n) is 3.72. The third-order valence-corrected chi connectivity index (χ3v) is 3.72. The number of furan rings is 1. The van der Waals surface area contributed by atoms with Crippen LogP contribution in [-0.4, -0.2) is 13.7 Å². The van der Waals surface area contributed by atoms with Gasteiger partial charge in [0, 0.05) is 13.0 Å². The molecule has 5 heteroatoms. The van der Waals surface area contributed by atoms with Crippen molar-refractivity contribution >= 4 is 0 Å². The van der Waals surface area contributed by atoms with Crippen LogP contribution in [0.3, 0.4) is 0 Å². The molecule has 0 spiro atoms. The molecule has 1 unspecified atom stereocenters. The van der Waals surface area contributed by atoms with Crippen LogP contribution in [-0.2, 0) is 6.54 Å². The first kappa shape index (κ1) is 17.9. The van der Waals surface area contributed by atoms with Gasteiger partial charge < -0.3 is 19.2 Å². The topological polar surface area (TPSA) is 67.4 Å².